The number of nitrogens with one attached hydrogen (secondary N) is 2. The zero-order chi connectivity index (χ0) is 16.2. The molecule has 3 rings (SSSR count). The van der Waals surface area contributed by atoms with Gasteiger partial charge in [0.25, 0.3) is 0 Å². The summed E-state index contributed by atoms with van der Waals surface area (Å²) < 4.78 is 5.25. The van der Waals surface area contributed by atoms with Crippen molar-refractivity contribution in [2.24, 2.45) is 0 Å². The number of nitrogens with zero attached hydrogens (tertiary/aromatic N) is 3. The third-order valence-electron chi connectivity index (χ3n) is 3.62. The second-order valence-electron chi connectivity index (χ2n) is 5.64. The maximum absolute atomic E-state index is 5.25. The van der Waals surface area contributed by atoms with E-state index < -0.39 is 0 Å². The highest BCUT2D eigenvalue weighted by Gasteiger charge is 2.03. The molecule has 0 aliphatic rings. The molecule has 0 radical (unpaired) electrons. The molecule has 0 fully saturated rings. The average molecular weight is 311 g/mol. The van der Waals surface area contributed by atoms with E-state index in [0.29, 0.717) is 0 Å². The highest BCUT2D eigenvalue weighted by atomic mass is 16.5. The zero-order valence-corrected chi connectivity index (χ0v) is 13.6. The molecule has 120 valence electrons. The molecule has 1 aromatic carbocycles. The molecule has 0 saturated heterocycles. The van der Waals surface area contributed by atoms with Crippen molar-refractivity contribution in [3.63, 3.8) is 0 Å². The Morgan fingerprint density at radius 1 is 1.13 bits per heavy atom. The monoisotopic (exact) mass is 311 g/mol. The minimum atomic E-state index is 0.721. The van der Waals surface area contributed by atoms with Gasteiger partial charge in [-0.2, -0.15) is 0 Å². The van der Waals surface area contributed by atoms with Crippen molar-refractivity contribution in [2.45, 2.75) is 13.1 Å². The molecule has 2 N–H and O–H groups in total. The first-order valence-electron chi connectivity index (χ1n) is 7.50. The summed E-state index contributed by atoms with van der Waals surface area (Å²) in [4.78, 5) is 13.9. The lowest BCUT2D eigenvalue weighted by Crippen LogP contribution is -2.15. The Labute approximate surface area is 135 Å². The normalized spacial score (nSPS) is 10.9. The number of aromatic amines is 1. The van der Waals surface area contributed by atoms with Gasteiger partial charge in [0.15, 0.2) is 0 Å². The number of anilines is 1. The van der Waals surface area contributed by atoms with Gasteiger partial charge in [0.1, 0.15) is 5.75 Å². The van der Waals surface area contributed by atoms with E-state index in [2.05, 4.69) is 26.3 Å². The average Bonchev–Trinajstić information content (AvgIpc) is 2.97. The summed E-state index contributed by atoms with van der Waals surface area (Å²) in [5, 5.41) is 4.55. The van der Waals surface area contributed by atoms with E-state index in [4.69, 9.17) is 4.74 Å². The number of methoxy groups -OCH3 is 1. The van der Waals surface area contributed by atoms with Crippen LogP contribution >= 0.6 is 0 Å². The SMILES string of the molecule is COc1ccc2[nH]c(CNCc3cnc(N(C)C)nc3)cc2c1. The van der Waals surface area contributed by atoms with E-state index in [0.717, 1.165) is 46.9 Å². The van der Waals surface area contributed by atoms with Crippen LogP contribution in [-0.2, 0) is 13.1 Å². The molecule has 0 aliphatic heterocycles. The fourth-order valence-corrected chi connectivity index (χ4v) is 2.40. The van der Waals surface area contributed by atoms with Gasteiger partial charge in [-0.1, -0.05) is 0 Å². The first-order valence-corrected chi connectivity index (χ1v) is 7.50. The fraction of sp³-hybridized carbons (Fsp3) is 0.294. The Hall–Kier alpha value is -2.60. The van der Waals surface area contributed by atoms with Gasteiger partial charge < -0.3 is 19.9 Å². The molecule has 0 aliphatic carbocycles. The van der Waals surface area contributed by atoms with Crippen LogP contribution in [0.25, 0.3) is 10.9 Å². The van der Waals surface area contributed by atoms with Crippen molar-refractivity contribution < 1.29 is 4.74 Å². The minimum absolute atomic E-state index is 0.721. The van der Waals surface area contributed by atoms with Gasteiger partial charge in [-0.25, -0.2) is 9.97 Å². The standard InChI is InChI=1S/C17H21N5O/c1-22(2)17-19-9-12(10-20-17)8-18-11-14-6-13-7-15(23-3)4-5-16(13)21-14/h4-7,9-10,18,21H,8,11H2,1-3H3. The molecule has 0 unspecified atom stereocenters. The van der Waals surface area contributed by atoms with E-state index in [1.54, 1.807) is 7.11 Å². The van der Waals surface area contributed by atoms with Crippen LogP contribution in [0.2, 0.25) is 0 Å². The lowest BCUT2D eigenvalue weighted by atomic mass is 10.2. The largest absolute Gasteiger partial charge is 0.497 e. The quantitative estimate of drug-likeness (QED) is 0.731. The third kappa shape index (κ3) is 3.60. The summed E-state index contributed by atoms with van der Waals surface area (Å²) in [6, 6.07) is 8.16. The van der Waals surface area contributed by atoms with Crippen molar-refractivity contribution in [1.29, 1.82) is 0 Å². The summed E-state index contributed by atoms with van der Waals surface area (Å²) in [5.74, 6) is 1.59. The highest BCUT2D eigenvalue weighted by Crippen LogP contribution is 2.21. The Kier molecular flexibility index (Phi) is 4.43. The summed E-state index contributed by atoms with van der Waals surface area (Å²) in [7, 11) is 5.54. The summed E-state index contributed by atoms with van der Waals surface area (Å²) in [5.41, 5.74) is 3.31. The molecular weight excluding hydrogens is 290 g/mol. The number of aromatic nitrogens is 3. The number of fused-ring (bicyclic) bond motifs is 1. The van der Waals surface area contributed by atoms with Crippen LogP contribution in [0.4, 0.5) is 5.95 Å². The van der Waals surface area contributed by atoms with Crippen LogP contribution in [0.15, 0.2) is 36.7 Å². The highest BCUT2D eigenvalue weighted by molar-refractivity contribution is 5.81. The van der Waals surface area contributed by atoms with Crippen molar-refractivity contribution >= 4 is 16.9 Å². The van der Waals surface area contributed by atoms with Crippen molar-refractivity contribution in [2.75, 3.05) is 26.1 Å². The van der Waals surface area contributed by atoms with Gasteiger partial charge in [-0.3, -0.25) is 0 Å². The topological polar surface area (TPSA) is 66.1 Å². The van der Waals surface area contributed by atoms with Crippen LogP contribution in [0.5, 0.6) is 5.75 Å². The smallest absolute Gasteiger partial charge is 0.224 e. The Bertz CT molecular complexity index is 779. The van der Waals surface area contributed by atoms with Gasteiger partial charge in [-0.15, -0.1) is 0 Å². The van der Waals surface area contributed by atoms with Gasteiger partial charge >= 0.3 is 0 Å². The first kappa shape index (κ1) is 15.3. The van der Waals surface area contributed by atoms with Crippen molar-refractivity contribution in [1.82, 2.24) is 20.3 Å². The maximum Gasteiger partial charge on any atom is 0.224 e. The van der Waals surface area contributed by atoms with E-state index in [9.17, 15) is 0 Å². The van der Waals surface area contributed by atoms with Crippen LogP contribution in [0, 0.1) is 0 Å². The summed E-state index contributed by atoms with van der Waals surface area (Å²) >= 11 is 0. The van der Waals surface area contributed by atoms with Crippen LogP contribution in [0.3, 0.4) is 0 Å². The molecule has 6 nitrogen and oxygen atoms in total. The Balaban J connectivity index is 1.59. The molecule has 23 heavy (non-hydrogen) atoms. The van der Waals surface area contributed by atoms with Crippen LogP contribution in [0.1, 0.15) is 11.3 Å². The zero-order valence-electron chi connectivity index (χ0n) is 13.6. The summed E-state index contributed by atoms with van der Waals surface area (Å²) in [6.45, 7) is 1.48. The van der Waals surface area contributed by atoms with Crippen LogP contribution < -0.4 is 15.0 Å². The number of hydrogen-bond acceptors (Lipinski definition) is 5. The van der Waals surface area contributed by atoms with Gasteiger partial charge in [-0.05, 0) is 24.3 Å². The molecular formula is C17H21N5O. The molecule has 0 amide bonds. The second kappa shape index (κ2) is 6.66. The molecule has 0 saturated carbocycles. The van der Waals surface area contributed by atoms with E-state index in [1.165, 1.54) is 0 Å². The van der Waals surface area contributed by atoms with E-state index in [1.807, 2.05) is 49.6 Å². The Morgan fingerprint density at radius 2 is 1.91 bits per heavy atom. The Morgan fingerprint density at radius 3 is 2.61 bits per heavy atom. The van der Waals surface area contributed by atoms with Crippen molar-refractivity contribution in [3.8, 4) is 5.75 Å². The number of H-pyrrole nitrogens is 1. The maximum atomic E-state index is 5.25. The van der Waals surface area contributed by atoms with E-state index in [-0.39, 0.29) is 0 Å². The van der Waals surface area contributed by atoms with Gasteiger partial charge in [0.2, 0.25) is 5.95 Å². The number of ether oxygens (including phenoxy) is 1. The van der Waals surface area contributed by atoms with Crippen LogP contribution in [-0.4, -0.2) is 36.2 Å². The predicted octanol–water partition coefficient (Wildman–Crippen LogP) is 2.32. The third-order valence-corrected chi connectivity index (χ3v) is 3.62. The second-order valence-corrected chi connectivity index (χ2v) is 5.64. The molecule has 3 aromatic rings. The summed E-state index contributed by atoms with van der Waals surface area (Å²) in [6.07, 6.45) is 3.71. The van der Waals surface area contributed by atoms with E-state index >= 15 is 0 Å². The minimum Gasteiger partial charge on any atom is -0.497 e. The lowest BCUT2D eigenvalue weighted by Gasteiger charge is -2.09. The number of benzene rings is 1. The fourth-order valence-electron chi connectivity index (χ4n) is 2.40. The molecule has 0 bridgehead atoms. The molecule has 0 atom stereocenters. The molecule has 2 aromatic heterocycles. The first-order chi connectivity index (χ1) is 11.2. The number of hydrogen-bond donors (Lipinski definition) is 2. The molecule has 2 heterocycles. The lowest BCUT2D eigenvalue weighted by molar-refractivity contribution is 0.415. The van der Waals surface area contributed by atoms with Gasteiger partial charge in [0.05, 0.1) is 7.11 Å². The predicted molar refractivity (Wildman–Crippen MR) is 91.8 cm³/mol. The molecule has 0 spiro atoms. The van der Waals surface area contributed by atoms with Gasteiger partial charge in [0, 0.05) is 61.7 Å². The number of rotatable bonds is 6. The molecule has 6 heteroatoms. The van der Waals surface area contributed by atoms with Crippen molar-refractivity contribution in [3.05, 3.63) is 47.9 Å².